The van der Waals surface area contributed by atoms with Gasteiger partial charge in [0, 0.05) is 10.6 Å². The smallest absolute Gasteiger partial charge is 0.0894 e. The Hall–Kier alpha value is -1.93. The molecule has 0 N–H and O–H groups in total. The van der Waals surface area contributed by atoms with Gasteiger partial charge in [0.05, 0.1) is 22.9 Å². The van der Waals surface area contributed by atoms with E-state index in [0.717, 1.165) is 22.3 Å². The quantitative estimate of drug-likeness (QED) is 0.644. The van der Waals surface area contributed by atoms with Crippen molar-refractivity contribution in [3.63, 3.8) is 0 Å². The van der Waals surface area contributed by atoms with E-state index < -0.39 is 0 Å². The standard InChI is InChI=1S/C14H9ClN2/c15-11-5-3-4-10(8-11)14-9-16-12-6-1-2-7-13(12)17-14/h1-9H. The highest BCUT2D eigenvalue weighted by Crippen LogP contribution is 2.21. The Kier molecular flexibility index (Phi) is 2.50. The first-order valence-corrected chi connectivity index (χ1v) is 5.68. The summed E-state index contributed by atoms with van der Waals surface area (Å²) in [6, 6.07) is 15.4. The minimum absolute atomic E-state index is 0.706. The second kappa shape index (κ2) is 4.15. The van der Waals surface area contributed by atoms with Gasteiger partial charge in [0.2, 0.25) is 0 Å². The van der Waals surface area contributed by atoms with Gasteiger partial charge in [0.15, 0.2) is 0 Å². The van der Waals surface area contributed by atoms with Crippen molar-refractivity contribution in [2.75, 3.05) is 0 Å². The van der Waals surface area contributed by atoms with Gasteiger partial charge in [0.1, 0.15) is 0 Å². The number of para-hydroxylation sites is 2. The number of hydrogen-bond acceptors (Lipinski definition) is 2. The minimum Gasteiger partial charge on any atom is -0.252 e. The zero-order valence-electron chi connectivity index (χ0n) is 8.97. The number of fused-ring (bicyclic) bond motifs is 1. The van der Waals surface area contributed by atoms with Crippen LogP contribution in [0.3, 0.4) is 0 Å². The van der Waals surface area contributed by atoms with Crippen LogP contribution < -0.4 is 0 Å². The molecule has 2 aromatic carbocycles. The SMILES string of the molecule is Clc1cccc(-c2cnc3ccccc3n2)c1. The maximum Gasteiger partial charge on any atom is 0.0894 e. The molecule has 82 valence electrons. The fourth-order valence-corrected chi connectivity index (χ4v) is 1.93. The summed E-state index contributed by atoms with van der Waals surface area (Å²) in [5, 5.41) is 0.706. The van der Waals surface area contributed by atoms with Crippen LogP contribution in [0.2, 0.25) is 5.02 Å². The molecule has 1 aromatic heterocycles. The van der Waals surface area contributed by atoms with Gasteiger partial charge in [-0.2, -0.15) is 0 Å². The lowest BCUT2D eigenvalue weighted by atomic mass is 10.1. The largest absolute Gasteiger partial charge is 0.252 e. The predicted octanol–water partition coefficient (Wildman–Crippen LogP) is 3.95. The molecule has 3 heteroatoms. The Bertz CT molecular complexity index is 680. The Morgan fingerprint density at radius 2 is 1.71 bits per heavy atom. The molecule has 0 radical (unpaired) electrons. The van der Waals surface area contributed by atoms with Crippen molar-refractivity contribution in [1.82, 2.24) is 9.97 Å². The first-order chi connectivity index (χ1) is 8.33. The summed E-state index contributed by atoms with van der Waals surface area (Å²) in [4.78, 5) is 8.95. The molecule has 0 saturated carbocycles. The van der Waals surface area contributed by atoms with Crippen LogP contribution in [0.25, 0.3) is 22.3 Å². The van der Waals surface area contributed by atoms with Crippen molar-refractivity contribution in [1.29, 1.82) is 0 Å². The summed E-state index contributed by atoms with van der Waals surface area (Å²) < 4.78 is 0. The summed E-state index contributed by atoms with van der Waals surface area (Å²) >= 11 is 5.96. The van der Waals surface area contributed by atoms with Crippen molar-refractivity contribution in [3.05, 3.63) is 59.8 Å². The molecule has 0 bridgehead atoms. The molecule has 0 saturated heterocycles. The predicted molar refractivity (Wildman–Crippen MR) is 70.0 cm³/mol. The van der Waals surface area contributed by atoms with Crippen molar-refractivity contribution >= 4 is 22.6 Å². The number of rotatable bonds is 1. The molecule has 3 rings (SSSR count). The Morgan fingerprint density at radius 1 is 0.882 bits per heavy atom. The zero-order chi connectivity index (χ0) is 11.7. The van der Waals surface area contributed by atoms with Gasteiger partial charge in [-0.3, -0.25) is 4.98 Å². The average Bonchev–Trinajstić information content (AvgIpc) is 2.38. The zero-order valence-corrected chi connectivity index (χ0v) is 9.72. The maximum absolute atomic E-state index is 5.96. The highest BCUT2D eigenvalue weighted by Gasteiger charge is 2.02. The number of aromatic nitrogens is 2. The second-order valence-electron chi connectivity index (χ2n) is 3.75. The first kappa shape index (κ1) is 10.2. The van der Waals surface area contributed by atoms with Crippen LogP contribution in [0.4, 0.5) is 0 Å². The lowest BCUT2D eigenvalue weighted by molar-refractivity contribution is 1.29. The lowest BCUT2D eigenvalue weighted by Gasteiger charge is -2.02. The Labute approximate surface area is 104 Å². The number of hydrogen-bond donors (Lipinski definition) is 0. The topological polar surface area (TPSA) is 25.8 Å². The van der Waals surface area contributed by atoms with Crippen LogP contribution in [0.15, 0.2) is 54.7 Å². The van der Waals surface area contributed by atoms with Crippen LogP contribution in [-0.2, 0) is 0 Å². The normalized spacial score (nSPS) is 10.6. The molecule has 2 nitrogen and oxygen atoms in total. The van der Waals surface area contributed by atoms with Crippen molar-refractivity contribution in [2.24, 2.45) is 0 Å². The van der Waals surface area contributed by atoms with Crippen LogP contribution in [0.1, 0.15) is 0 Å². The third-order valence-corrected chi connectivity index (χ3v) is 2.80. The van der Waals surface area contributed by atoms with E-state index in [1.165, 1.54) is 0 Å². The molecule has 0 fully saturated rings. The van der Waals surface area contributed by atoms with Gasteiger partial charge < -0.3 is 0 Å². The van der Waals surface area contributed by atoms with Crippen LogP contribution in [0, 0.1) is 0 Å². The second-order valence-corrected chi connectivity index (χ2v) is 4.19. The van der Waals surface area contributed by atoms with Crippen LogP contribution in [-0.4, -0.2) is 9.97 Å². The molecule has 0 aliphatic rings. The van der Waals surface area contributed by atoms with Gasteiger partial charge in [-0.25, -0.2) is 4.98 Å². The summed E-state index contributed by atoms with van der Waals surface area (Å²) in [6.45, 7) is 0. The molecule has 0 aliphatic heterocycles. The van der Waals surface area contributed by atoms with E-state index in [2.05, 4.69) is 9.97 Å². The van der Waals surface area contributed by atoms with Gasteiger partial charge in [-0.15, -0.1) is 0 Å². The monoisotopic (exact) mass is 240 g/mol. The number of halogens is 1. The van der Waals surface area contributed by atoms with E-state index in [9.17, 15) is 0 Å². The maximum atomic E-state index is 5.96. The molecule has 0 aliphatic carbocycles. The average molecular weight is 241 g/mol. The highest BCUT2D eigenvalue weighted by molar-refractivity contribution is 6.30. The summed E-state index contributed by atoms with van der Waals surface area (Å²) in [6.07, 6.45) is 1.77. The van der Waals surface area contributed by atoms with E-state index in [4.69, 9.17) is 11.6 Å². The number of nitrogens with zero attached hydrogens (tertiary/aromatic N) is 2. The number of benzene rings is 2. The Balaban J connectivity index is 2.18. The molecule has 17 heavy (non-hydrogen) atoms. The van der Waals surface area contributed by atoms with Gasteiger partial charge in [-0.1, -0.05) is 35.9 Å². The van der Waals surface area contributed by atoms with Crippen molar-refractivity contribution in [3.8, 4) is 11.3 Å². The summed E-state index contributed by atoms with van der Waals surface area (Å²) in [5.41, 5.74) is 3.62. The van der Waals surface area contributed by atoms with Crippen molar-refractivity contribution in [2.45, 2.75) is 0 Å². The molecule has 0 amide bonds. The molecule has 0 spiro atoms. The highest BCUT2D eigenvalue weighted by atomic mass is 35.5. The third kappa shape index (κ3) is 1.99. The third-order valence-electron chi connectivity index (χ3n) is 2.57. The minimum atomic E-state index is 0.706. The fraction of sp³-hybridized carbons (Fsp3) is 0. The van der Waals surface area contributed by atoms with E-state index >= 15 is 0 Å². The van der Waals surface area contributed by atoms with Crippen LogP contribution in [0.5, 0.6) is 0 Å². The molecule has 0 unspecified atom stereocenters. The molecular formula is C14H9ClN2. The van der Waals surface area contributed by atoms with E-state index in [1.807, 2.05) is 48.5 Å². The fourth-order valence-electron chi connectivity index (χ4n) is 1.74. The van der Waals surface area contributed by atoms with E-state index in [0.29, 0.717) is 5.02 Å². The molecule has 1 heterocycles. The Morgan fingerprint density at radius 3 is 2.53 bits per heavy atom. The summed E-state index contributed by atoms with van der Waals surface area (Å²) in [7, 11) is 0. The molecule has 0 atom stereocenters. The van der Waals surface area contributed by atoms with Gasteiger partial charge in [-0.05, 0) is 24.3 Å². The van der Waals surface area contributed by atoms with Crippen molar-refractivity contribution < 1.29 is 0 Å². The first-order valence-electron chi connectivity index (χ1n) is 5.31. The van der Waals surface area contributed by atoms with Gasteiger partial charge in [0.25, 0.3) is 0 Å². The van der Waals surface area contributed by atoms with Gasteiger partial charge >= 0.3 is 0 Å². The molecule has 3 aromatic rings. The lowest BCUT2D eigenvalue weighted by Crippen LogP contribution is -1.88. The van der Waals surface area contributed by atoms with Crippen LogP contribution >= 0.6 is 11.6 Å². The van der Waals surface area contributed by atoms with E-state index in [1.54, 1.807) is 6.20 Å². The van der Waals surface area contributed by atoms with E-state index in [-0.39, 0.29) is 0 Å². The molecular weight excluding hydrogens is 232 g/mol. The summed E-state index contributed by atoms with van der Waals surface area (Å²) in [5.74, 6) is 0.